The van der Waals surface area contributed by atoms with E-state index in [0.717, 1.165) is 41.3 Å². The number of carbonyl (C=O) groups excluding carboxylic acids is 1. The molecule has 6 nitrogen and oxygen atoms in total. The molecule has 4 rings (SSSR count). The fourth-order valence-electron chi connectivity index (χ4n) is 3.98. The number of aryl methyl sites for hydroxylation is 4. The van der Waals surface area contributed by atoms with Crippen LogP contribution in [0.3, 0.4) is 0 Å². The van der Waals surface area contributed by atoms with Crippen LogP contribution in [0.5, 0.6) is 0 Å². The molecule has 7 heteroatoms. The van der Waals surface area contributed by atoms with Gasteiger partial charge in [-0.3, -0.25) is 14.2 Å². The van der Waals surface area contributed by atoms with Crippen LogP contribution in [0.4, 0.5) is 5.69 Å². The van der Waals surface area contributed by atoms with Gasteiger partial charge in [-0.15, -0.1) is 11.3 Å². The molecule has 1 aliphatic rings. The third-order valence-corrected chi connectivity index (χ3v) is 7.09. The summed E-state index contributed by atoms with van der Waals surface area (Å²) in [7, 11) is 0. The van der Waals surface area contributed by atoms with Crippen molar-refractivity contribution in [1.82, 2.24) is 14.5 Å². The summed E-state index contributed by atoms with van der Waals surface area (Å²) in [6, 6.07) is 8.55. The van der Waals surface area contributed by atoms with Gasteiger partial charge in [-0.05, 0) is 44.9 Å². The number of nitrogens with zero attached hydrogens (tertiary/aromatic N) is 4. The normalized spacial score (nSPS) is 14.9. The van der Waals surface area contributed by atoms with Crippen molar-refractivity contribution in [2.45, 2.75) is 40.2 Å². The number of hydrogen-bond donors (Lipinski definition) is 0. The minimum atomic E-state index is -0.0453. The number of carbonyl (C=O) groups is 1. The third-order valence-electron chi connectivity index (χ3n) is 5.97. The molecule has 3 aromatic rings. The molecule has 0 spiro atoms. The molecule has 158 valence electrons. The summed E-state index contributed by atoms with van der Waals surface area (Å²) < 4.78 is 1.58. The summed E-state index contributed by atoms with van der Waals surface area (Å²) in [6.45, 7) is 9.68. The fourth-order valence-corrected chi connectivity index (χ4v) is 4.97. The Morgan fingerprint density at radius 3 is 2.60 bits per heavy atom. The van der Waals surface area contributed by atoms with Crippen molar-refractivity contribution in [1.29, 1.82) is 0 Å². The van der Waals surface area contributed by atoms with Crippen molar-refractivity contribution in [3.05, 3.63) is 57.0 Å². The van der Waals surface area contributed by atoms with Crippen molar-refractivity contribution in [3.8, 4) is 0 Å². The second kappa shape index (κ2) is 8.60. The van der Waals surface area contributed by atoms with E-state index in [9.17, 15) is 9.59 Å². The van der Waals surface area contributed by atoms with Crippen LogP contribution >= 0.6 is 11.3 Å². The average molecular weight is 425 g/mol. The van der Waals surface area contributed by atoms with Gasteiger partial charge in [0.15, 0.2) is 0 Å². The van der Waals surface area contributed by atoms with E-state index in [1.165, 1.54) is 11.3 Å². The Balaban J connectivity index is 1.39. The largest absolute Gasteiger partial charge is 0.370 e. The van der Waals surface area contributed by atoms with Gasteiger partial charge in [-0.1, -0.05) is 17.7 Å². The summed E-state index contributed by atoms with van der Waals surface area (Å²) in [6.07, 6.45) is 2.84. The predicted octanol–water partition coefficient (Wildman–Crippen LogP) is 3.51. The van der Waals surface area contributed by atoms with Gasteiger partial charge in [-0.25, -0.2) is 4.98 Å². The molecule has 0 unspecified atom stereocenters. The van der Waals surface area contributed by atoms with Crippen LogP contribution in [0.15, 0.2) is 35.4 Å². The van der Waals surface area contributed by atoms with Crippen LogP contribution in [0.2, 0.25) is 0 Å². The van der Waals surface area contributed by atoms with Gasteiger partial charge < -0.3 is 9.80 Å². The smallest absolute Gasteiger partial charge is 0.262 e. The molecule has 2 aromatic heterocycles. The maximum atomic E-state index is 12.8. The van der Waals surface area contributed by atoms with E-state index >= 15 is 0 Å². The number of hydrogen-bond acceptors (Lipinski definition) is 5. The molecule has 1 fully saturated rings. The highest BCUT2D eigenvalue weighted by Gasteiger charge is 2.20. The number of fused-ring (bicyclic) bond motifs is 1. The molecular formula is C23H28N4O2S. The maximum absolute atomic E-state index is 12.8. The van der Waals surface area contributed by atoms with Crippen LogP contribution in [-0.2, 0) is 11.3 Å². The van der Waals surface area contributed by atoms with Crippen LogP contribution in [0, 0.1) is 20.8 Å². The molecule has 0 saturated carbocycles. The maximum Gasteiger partial charge on any atom is 0.262 e. The first-order chi connectivity index (χ1) is 14.4. The number of rotatable bonds is 4. The van der Waals surface area contributed by atoms with Crippen LogP contribution in [-0.4, -0.2) is 46.5 Å². The van der Waals surface area contributed by atoms with Crippen molar-refractivity contribution in [2.75, 3.05) is 31.1 Å². The number of amides is 1. The first-order valence-corrected chi connectivity index (χ1v) is 11.3. The molecule has 1 aromatic carbocycles. The molecule has 0 aliphatic carbocycles. The zero-order chi connectivity index (χ0) is 21.3. The topological polar surface area (TPSA) is 58.4 Å². The Morgan fingerprint density at radius 2 is 1.83 bits per heavy atom. The van der Waals surface area contributed by atoms with Gasteiger partial charge >= 0.3 is 0 Å². The minimum Gasteiger partial charge on any atom is -0.370 e. The van der Waals surface area contributed by atoms with Gasteiger partial charge in [-0.2, -0.15) is 0 Å². The monoisotopic (exact) mass is 424 g/mol. The highest BCUT2D eigenvalue weighted by Crippen LogP contribution is 2.25. The zero-order valence-corrected chi connectivity index (χ0v) is 18.7. The van der Waals surface area contributed by atoms with E-state index in [2.05, 4.69) is 41.1 Å². The molecule has 1 saturated heterocycles. The van der Waals surface area contributed by atoms with E-state index in [0.29, 0.717) is 24.9 Å². The predicted molar refractivity (Wildman–Crippen MR) is 123 cm³/mol. The lowest BCUT2D eigenvalue weighted by atomic mass is 10.2. The van der Waals surface area contributed by atoms with E-state index in [4.69, 9.17) is 0 Å². The second-order valence-electron chi connectivity index (χ2n) is 8.01. The fraction of sp³-hybridized carbons (Fsp3) is 0.435. The van der Waals surface area contributed by atoms with Crippen LogP contribution in [0.1, 0.15) is 28.8 Å². The molecule has 0 N–H and O–H groups in total. The Kier molecular flexibility index (Phi) is 5.90. The lowest BCUT2D eigenvalue weighted by Crippen LogP contribution is -2.36. The molecule has 0 atom stereocenters. The summed E-state index contributed by atoms with van der Waals surface area (Å²) in [5, 5.41) is 0.691. The molecule has 1 aliphatic heterocycles. The van der Waals surface area contributed by atoms with Crippen molar-refractivity contribution in [2.24, 2.45) is 0 Å². The molecule has 0 bridgehead atoms. The highest BCUT2D eigenvalue weighted by molar-refractivity contribution is 7.18. The Hall–Kier alpha value is -2.67. The first-order valence-electron chi connectivity index (χ1n) is 10.5. The van der Waals surface area contributed by atoms with Gasteiger partial charge in [0.2, 0.25) is 5.91 Å². The Morgan fingerprint density at radius 1 is 1.07 bits per heavy atom. The Labute approximate surface area is 180 Å². The van der Waals surface area contributed by atoms with Gasteiger partial charge in [0, 0.05) is 49.7 Å². The van der Waals surface area contributed by atoms with E-state index in [-0.39, 0.29) is 11.5 Å². The second-order valence-corrected chi connectivity index (χ2v) is 9.22. The Bertz CT molecular complexity index is 1120. The summed E-state index contributed by atoms with van der Waals surface area (Å²) in [4.78, 5) is 36.3. The molecular weight excluding hydrogens is 396 g/mol. The minimum absolute atomic E-state index is 0.0453. The van der Waals surface area contributed by atoms with Gasteiger partial charge in [0.25, 0.3) is 5.56 Å². The van der Waals surface area contributed by atoms with E-state index < -0.39 is 0 Å². The van der Waals surface area contributed by atoms with Crippen molar-refractivity contribution in [3.63, 3.8) is 0 Å². The van der Waals surface area contributed by atoms with Crippen molar-refractivity contribution >= 4 is 33.1 Å². The SMILES string of the molecule is Cc1ccc(N2CCCN(C(=O)CCn3cnc4sc(C)c(C)c4c3=O)CC2)cc1. The standard InChI is InChI=1S/C23H28N4O2S/c1-16-5-7-19(8-6-16)25-10-4-11-26(14-13-25)20(28)9-12-27-15-24-22-21(23(27)29)17(2)18(3)30-22/h5-8,15H,4,9-14H2,1-3H3. The molecule has 0 radical (unpaired) electrons. The van der Waals surface area contributed by atoms with Crippen molar-refractivity contribution < 1.29 is 4.79 Å². The number of benzene rings is 1. The molecule has 30 heavy (non-hydrogen) atoms. The van der Waals surface area contributed by atoms with Gasteiger partial charge in [0.1, 0.15) is 4.83 Å². The highest BCUT2D eigenvalue weighted by atomic mass is 32.1. The lowest BCUT2D eigenvalue weighted by Gasteiger charge is -2.24. The van der Waals surface area contributed by atoms with E-state index in [1.54, 1.807) is 22.2 Å². The summed E-state index contributed by atoms with van der Waals surface area (Å²) in [5.74, 6) is 0.103. The number of aromatic nitrogens is 2. The average Bonchev–Trinajstić information content (AvgIpc) is 2.90. The molecule has 3 heterocycles. The lowest BCUT2D eigenvalue weighted by molar-refractivity contribution is -0.131. The van der Waals surface area contributed by atoms with E-state index in [1.807, 2.05) is 18.7 Å². The van der Waals surface area contributed by atoms with Crippen LogP contribution in [0.25, 0.3) is 10.2 Å². The third kappa shape index (κ3) is 4.12. The number of anilines is 1. The van der Waals surface area contributed by atoms with Gasteiger partial charge in [0.05, 0.1) is 11.7 Å². The number of thiophene rings is 1. The zero-order valence-electron chi connectivity index (χ0n) is 17.9. The molecule has 1 amide bonds. The summed E-state index contributed by atoms with van der Waals surface area (Å²) in [5.41, 5.74) is 3.41. The van der Waals surface area contributed by atoms with Crippen LogP contribution < -0.4 is 10.5 Å². The first kappa shape index (κ1) is 20.6. The summed E-state index contributed by atoms with van der Waals surface area (Å²) >= 11 is 1.55. The quantitative estimate of drug-likeness (QED) is 0.643.